The molecule has 0 spiro atoms. The van der Waals surface area contributed by atoms with Crippen molar-refractivity contribution in [1.29, 1.82) is 0 Å². The number of piperidine rings is 1. The SMILES string of the molecule is CN1CCC(n2cc(Nc3nccc(-c4nc(-c5ccccc5)cs4)n3)cn2)CC1. The highest BCUT2D eigenvalue weighted by Crippen LogP contribution is 2.28. The van der Waals surface area contributed by atoms with Crippen LogP contribution in [-0.2, 0) is 0 Å². The van der Waals surface area contributed by atoms with Gasteiger partial charge in [-0.2, -0.15) is 5.10 Å². The second-order valence-electron chi connectivity index (χ2n) is 7.54. The van der Waals surface area contributed by atoms with E-state index in [1.165, 1.54) is 0 Å². The summed E-state index contributed by atoms with van der Waals surface area (Å²) in [5, 5.41) is 10.8. The number of thiazole rings is 1. The van der Waals surface area contributed by atoms with Crippen LogP contribution >= 0.6 is 11.3 Å². The van der Waals surface area contributed by atoms with Crippen LogP contribution < -0.4 is 5.32 Å². The summed E-state index contributed by atoms with van der Waals surface area (Å²) in [6.07, 6.45) is 7.89. The van der Waals surface area contributed by atoms with Crippen LogP contribution in [0.3, 0.4) is 0 Å². The Hall–Kier alpha value is -3.10. The highest BCUT2D eigenvalue weighted by atomic mass is 32.1. The van der Waals surface area contributed by atoms with E-state index in [1.807, 2.05) is 36.7 Å². The molecule has 0 bridgehead atoms. The van der Waals surface area contributed by atoms with E-state index in [2.05, 4.69) is 54.5 Å². The minimum Gasteiger partial charge on any atom is -0.321 e. The fraction of sp³-hybridized carbons (Fsp3) is 0.273. The van der Waals surface area contributed by atoms with Crippen molar-refractivity contribution in [3.05, 3.63) is 60.4 Å². The number of likely N-dealkylation sites (tertiary alicyclic amines) is 1. The van der Waals surface area contributed by atoms with E-state index in [0.717, 1.165) is 53.6 Å². The van der Waals surface area contributed by atoms with Gasteiger partial charge in [0.1, 0.15) is 10.7 Å². The maximum absolute atomic E-state index is 4.75. The van der Waals surface area contributed by atoms with E-state index in [-0.39, 0.29) is 0 Å². The first kappa shape index (κ1) is 18.9. The minimum absolute atomic E-state index is 0.454. The number of hydrogen-bond donors (Lipinski definition) is 1. The van der Waals surface area contributed by atoms with Gasteiger partial charge in [0.2, 0.25) is 5.95 Å². The lowest BCUT2D eigenvalue weighted by Gasteiger charge is -2.28. The zero-order valence-electron chi connectivity index (χ0n) is 16.8. The standard InChI is InChI=1S/C22H23N7S/c1-28-11-8-18(9-12-28)29-14-17(13-24-29)25-22-23-10-7-19(27-22)21-26-20(15-30-21)16-5-3-2-4-6-16/h2-7,10,13-15,18H,8-9,11-12H2,1H3,(H,23,25,27). The Kier molecular flexibility index (Phi) is 5.25. The van der Waals surface area contributed by atoms with Crippen LogP contribution in [0, 0.1) is 0 Å². The van der Waals surface area contributed by atoms with Crippen molar-refractivity contribution in [2.75, 3.05) is 25.5 Å². The van der Waals surface area contributed by atoms with Crippen molar-refractivity contribution in [3.63, 3.8) is 0 Å². The Bertz CT molecular complexity index is 1110. The fourth-order valence-electron chi connectivity index (χ4n) is 3.66. The first-order valence-corrected chi connectivity index (χ1v) is 11.0. The third-order valence-electron chi connectivity index (χ3n) is 5.37. The molecule has 0 atom stereocenters. The predicted molar refractivity (Wildman–Crippen MR) is 120 cm³/mol. The average Bonchev–Trinajstić information content (AvgIpc) is 3.45. The van der Waals surface area contributed by atoms with Gasteiger partial charge in [-0.15, -0.1) is 11.3 Å². The Morgan fingerprint density at radius 1 is 1.03 bits per heavy atom. The quantitative estimate of drug-likeness (QED) is 0.516. The molecule has 1 aliphatic heterocycles. The average molecular weight is 418 g/mol. The van der Waals surface area contributed by atoms with Gasteiger partial charge in [0.25, 0.3) is 0 Å². The molecule has 0 saturated carbocycles. The van der Waals surface area contributed by atoms with Gasteiger partial charge in [0.05, 0.1) is 23.6 Å². The van der Waals surface area contributed by atoms with Gasteiger partial charge in [-0.3, -0.25) is 4.68 Å². The molecule has 0 aliphatic carbocycles. The van der Waals surface area contributed by atoms with E-state index in [9.17, 15) is 0 Å². The number of hydrogen-bond acceptors (Lipinski definition) is 7. The van der Waals surface area contributed by atoms with Crippen LogP contribution in [0.5, 0.6) is 0 Å². The first-order valence-electron chi connectivity index (χ1n) is 10.1. The summed E-state index contributed by atoms with van der Waals surface area (Å²) >= 11 is 1.59. The van der Waals surface area contributed by atoms with Crippen molar-refractivity contribution in [3.8, 4) is 22.0 Å². The molecule has 7 nitrogen and oxygen atoms in total. The molecule has 4 aromatic rings. The molecule has 152 valence electrons. The summed E-state index contributed by atoms with van der Waals surface area (Å²) in [6, 6.07) is 12.5. The molecule has 0 unspecified atom stereocenters. The molecule has 5 rings (SSSR count). The van der Waals surface area contributed by atoms with Crippen molar-refractivity contribution >= 4 is 23.0 Å². The Labute approximate surface area is 179 Å². The van der Waals surface area contributed by atoms with E-state index < -0.39 is 0 Å². The first-order chi connectivity index (χ1) is 14.7. The van der Waals surface area contributed by atoms with E-state index in [1.54, 1.807) is 17.5 Å². The maximum Gasteiger partial charge on any atom is 0.227 e. The van der Waals surface area contributed by atoms with Gasteiger partial charge in [-0.05, 0) is 39.0 Å². The van der Waals surface area contributed by atoms with Crippen LogP contribution in [0.15, 0.2) is 60.4 Å². The van der Waals surface area contributed by atoms with Crippen molar-refractivity contribution in [2.24, 2.45) is 0 Å². The number of anilines is 2. The zero-order valence-corrected chi connectivity index (χ0v) is 17.6. The molecule has 1 N–H and O–H groups in total. The third-order valence-corrected chi connectivity index (χ3v) is 6.23. The van der Waals surface area contributed by atoms with E-state index in [0.29, 0.717) is 12.0 Å². The second-order valence-corrected chi connectivity index (χ2v) is 8.40. The summed E-state index contributed by atoms with van der Waals surface area (Å²) in [4.78, 5) is 16.1. The summed E-state index contributed by atoms with van der Waals surface area (Å²) in [6.45, 7) is 2.22. The van der Waals surface area contributed by atoms with Crippen molar-refractivity contribution in [2.45, 2.75) is 18.9 Å². The molecule has 30 heavy (non-hydrogen) atoms. The number of nitrogens with one attached hydrogen (secondary N) is 1. The van der Waals surface area contributed by atoms with E-state index in [4.69, 9.17) is 4.98 Å². The molecule has 1 aromatic carbocycles. The molecular weight excluding hydrogens is 394 g/mol. The van der Waals surface area contributed by atoms with Crippen LogP contribution in [0.1, 0.15) is 18.9 Å². The summed E-state index contributed by atoms with van der Waals surface area (Å²) in [5.41, 5.74) is 3.77. The highest BCUT2D eigenvalue weighted by molar-refractivity contribution is 7.13. The Morgan fingerprint density at radius 3 is 2.70 bits per heavy atom. The number of rotatable bonds is 5. The van der Waals surface area contributed by atoms with Crippen LogP contribution in [-0.4, -0.2) is 49.8 Å². The molecule has 4 heterocycles. The Morgan fingerprint density at radius 2 is 1.87 bits per heavy atom. The molecule has 0 amide bonds. The molecule has 1 aliphatic rings. The fourth-order valence-corrected chi connectivity index (χ4v) is 4.46. The largest absolute Gasteiger partial charge is 0.321 e. The van der Waals surface area contributed by atoms with Gasteiger partial charge < -0.3 is 10.2 Å². The van der Waals surface area contributed by atoms with Gasteiger partial charge in [0.15, 0.2) is 0 Å². The summed E-state index contributed by atoms with van der Waals surface area (Å²) in [5.74, 6) is 0.548. The van der Waals surface area contributed by atoms with Gasteiger partial charge in [0, 0.05) is 23.3 Å². The normalized spacial score (nSPS) is 15.4. The molecular formula is C22H23N7S. The second kappa shape index (κ2) is 8.33. The lowest BCUT2D eigenvalue weighted by atomic mass is 10.1. The van der Waals surface area contributed by atoms with Crippen LogP contribution in [0.2, 0.25) is 0 Å². The number of aromatic nitrogens is 5. The van der Waals surface area contributed by atoms with Gasteiger partial charge in [-0.25, -0.2) is 15.0 Å². The Balaban J connectivity index is 1.31. The molecule has 1 saturated heterocycles. The summed E-state index contributed by atoms with van der Waals surface area (Å²) in [7, 11) is 2.17. The minimum atomic E-state index is 0.454. The van der Waals surface area contributed by atoms with E-state index >= 15 is 0 Å². The topological polar surface area (TPSA) is 71.8 Å². The third kappa shape index (κ3) is 4.10. The van der Waals surface area contributed by atoms with Crippen LogP contribution in [0.25, 0.3) is 22.0 Å². The van der Waals surface area contributed by atoms with Crippen molar-refractivity contribution in [1.82, 2.24) is 29.6 Å². The predicted octanol–water partition coefficient (Wildman–Crippen LogP) is 4.47. The molecule has 8 heteroatoms. The maximum atomic E-state index is 4.75. The molecule has 3 aromatic heterocycles. The zero-order chi connectivity index (χ0) is 20.3. The highest BCUT2D eigenvalue weighted by Gasteiger charge is 2.19. The van der Waals surface area contributed by atoms with Crippen LogP contribution in [0.4, 0.5) is 11.6 Å². The molecule has 0 radical (unpaired) electrons. The smallest absolute Gasteiger partial charge is 0.227 e. The number of nitrogens with zero attached hydrogens (tertiary/aromatic N) is 6. The van der Waals surface area contributed by atoms with Gasteiger partial charge in [-0.1, -0.05) is 30.3 Å². The summed E-state index contributed by atoms with van der Waals surface area (Å²) < 4.78 is 2.06. The molecule has 1 fully saturated rings. The number of benzene rings is 1. The monoisotopic (exact) mass is 417 g/mol. The lowest BCUT2D eigenvalue weighted by Crippen LogP contribution is -2.31. The van der Waals surface area contributed by atoms with Crippen molar-refractivity contribution < 1.29 is 0 Å². The lowest BCUT2D eigenvalue weighted by molar-refractivity contribution is 0.212. The van der Waals surface area contributed by atoms with Gasteiger partial charge >= 0.3 is 0 Å².